The summed E-state index contributed by atoms with van der Waals surface area (Å²) >= 11 is 0. The molecule has 0 aromatic heterocycles. The Kier molecular flexibility index (Phi) is 3.73. The first kappa shape index (κ1) is 9.49. The second-order valence-corrected chi connectivity index (χ2v) is 1.89. The van der Waals surface area contributed by atoms with Crippen molar-refractivity contribution in [1.29, 1.82) is 0 Å². The standard InChI is InChI=1S/C8H11NO2/c1-4-5-11-8(10)6(2)7(3)9/h4H,1-3,5,9H2. The lowest BCUT2D eigenvalue weighted by atomic mass is 10.2. The van der Waals surface area contributed by atoms with Gasteiger partial charge in [0.25, 0.3) is 0 Å². The molecule has 0 heterocycles. The summed E-state index contributed by atoms with van der Waals surface area (Å²) in [4.78, 5) is 10.8. The Morgan fingerprint density at radius 1 is 1.55 bits per heavy atom. The van der Waals surface area contributed by atoms with Crippen LogP contribution in [0.1, 0.15) is 0 Å². The quantitative estimate of drug-likeness (QED) is 0.280. The number of ether oxygens (including phenoxy) is 1. The molecular formula is C8H11NO2. The SMILES string of the molecule is C=CCOC(=O)C(=C)C(=C)N. The molecule has 0 amide bonds. The average Bonchev–Trinajstić information content (AvgIpc) is 1.98. The van der Waals surface area contributed by atoms with Crippen molar-refractivity contribution < 1.29 is 9.53 Å². The van der Waals surface area contributed by atoms with Gasteiger partial charge in [-0.3, -0.25) is 0 Å². The van der Waals surface area contributed by atoms with Crippen LogP contribution in [0, 0.1) is 0 Å². The molecule has 0 fully saturated rings. The van der Waals surface area contributed by atoms with Crippen molar-refractivity contribution in [1.82, 2.24) is 0 Å². The van der Waals surface area contributed by atoms with Crippen LogP contribution in [0.15, 0.2) is 37.1 Å². The lowest BCUT2D eigenvalue weighted by Gasteiger charge is -2.02. The number of rotatable bonds is 4. The smallest absolute Gasteiger partial charge is 0.339 e. The van der Waals surface area contributed by atoms with Crippen LogP contribution in [0.25, 0.3) is 0 Å². The molecule has 11 heavy (non-hydrogen) atoms. The molecular weight excluding hydrogens is 142 g/mol. The van der Waals surface area contributed by atoms with Crippen LogP contribution in [0.3, 0.4) is 0 Å². The molecule has 3 heteroatoms. The number of hydrogen-bond donors (Lipinski definition) is 1. The maximum Gasteiger partial charge on any atom is 0.339 e. The average molecular weight is 153 g/mol. The summed E-state index contributed by atoms with van der Waals surface area (Å²) in [5.41, 5.74) is 5.40. The van der Waals surface area contributed by atoms with E-state index < -0.39 is 5.97 Å². The van der Waals surface area contributed by atoms with E-state index in [0.717, 1.165) is 0 Å². The summed E-state index contributed by atoms with van der Waals surface area (Å²) in [6.07, 6.45) is 1.46. The zero-order chi connectivity index (χ0) is 8.85. The minimum atomic E-state index is -0.558. The van der Waals surface area contributed by atoms with Crippen LogP contribution >= 0.6 is 0 Å². The van der Waals surface area contributed by atoms with Crippen LogP contribution < -0.4 is 5.73 Å². The maximum atomic E-state index is 10.8. The van der Waals surface area contributed by atoms with E-state index in [2.05, 4.69) is 24.5 Å². The third-order valence-electron chi connectivity index (χ3n) is 0.966. The topological polar surface area (TPSA) is 52.3 Å². The highest BCUT2D eigenvalue weighted by Gasteiger charge is 2.07. The van der Waals surface area contributed by atoms with Gasteiger partial charge < -0.3 is 10.5 Å². The van der Waals surface area contributed by atoms with Gasteiger partial charge in [0.2, 0.25) is 0 Å². The van der Waals surface area contributed by atoms with Crippen molar-refractivity contribution in [2.45, 2.75) is 0 Å². The molecule has 0 saturated heterocycles. The summed E-state index contributed by atoms with van der Waals surface area (Å²) in [6.45, 7) is 10.2. The van der Waals surface area contributed by atoms with Gasteiger partial charge in [-0.25, -0.2) is 4.79 Å². The molecule has 60 valence electrons. The molecule has 0 aromatic carbocycles. The van der Waals surface area contributed by atoms with Gasteiger partial charge >= 0.3 is 5.97 Å². The highest BCUT2D eigenvalue weighted by molar-refractivity contribution is 5.92. The van der Waals surface area contributed by atoms with E-state index in [4.69, 9.17) is 5.73 Å². The third kappa shape index (κ3) is 3.25. The second kappa shape index (κ2) is 4.33. The lowest BCUT2D eigenvalue weighted by Crippen LogP contribution is -2.12. The summed E-state index contributed by atoms with van der Waals surface area (Å²) in [6, 6.07) is 0. The van der Waals surface area contributed by atoms with E-state index in [1.165, 1.54) is 6.08 Å². The van der Waals surface area contributed by atoms with Crippen LogP contribution in [-0.2, 0) is 9.53 Å². The molecule has 0 saturated carbocycles. The van der Waals surface area contributed by atoms with E-state index in [1.807, 2.05) is 0 Å². The zero-order valence-electron chi connectivity index (χ0n) is 6.30. The predicted octanol–water partition coefficient (Wildman–Crippen LogP) is 0.744. The van der Waals surface area contributed by atoms with Crippen LogP contribution in [0.5, 0.6) is 0 Å². The molecule has 3 nitrogen and oxygen atoms in total. The number of carbonyl (C=O) groups excluding carboxylic acids is 1. The highest BCUT2D eigenvalue weighted by atomic mass is 16.5. The minimum Gasteiger partial charge on any atom is -0.458 e. The van der Waals surface area contributed by atoms with Gasteiger partial charge in [0.1, 0.15) is 6.61 Å². The molecule has 0 radical (unpaired) electrons. The fourth-order valence-corrected chi connectivity index (χ4v) is 0.353. The maximum absolute atomic E-state index is 10.8. The molecule has 0 aromatic rings. The Morgan fingerprint density at radius 2 is 2.09 bits per heavy atom. The molecule has 0 aliphatic heterocycles. The normalized spacial score (nSPS) is 8.36. The molecule has 0 bridgehead atoms. The zero-order valence-corrected chi connectivity index (χ0v) is 6.30. The third-order valence-corrected chi connectivity index (χ3v) is 0.966. The predicted molar refractivity (Wildman–Crippen MR) is 43.6 cm³/mol. The molecule has 0 aliphatic rings. The number of nitrogens with two attached hydrogens (primary N) is 1. The first-order valence-electron chi connectivity index (χ1n) is 3.01. The first-order valence-corrected chi connectivity index (χ1v) is 3.01. The van der Waals surface area contributed by atoms with E-state index in [1.54, 1.807) is 0 Å². The van der Waals surface area contributed by atoms with E-state index in [9.17, 15) is 4.79 Å². The Bertz CT molecular complexity index is 206. The van der Waals surface area contributed by atoms with Gasteiger partial charge in [0.05, 0.1) is 5.57 Å². The van der Waals surface area contributed by atoms with Gasteiger partial charge in [-0.05, 0) is 0 Å². The molecule has 0 spiro atoms. The second-order valence-electron chi connectivity index (χ2n) is 1.89. The van der Waals surface area contributed by atoms with Crippen LogP contribution in [-0.4, -0.2) is 12.6 Å². The summed E-state index contributed by atoms with van der Waals surface area (Å²) in [7, 11) is 0. The van der Waals surface area contributed by atoms with Gasteiger partial charge in [-0.2, -0.15) is 0 Å². The molecule has 2 N–H and O–H groups in total. The molecule has 0 rings (SSSR count). The van der Waals surface area contributed by atoms with Crippen LogP contribution in [0.2, 0.25) is 0 Å². The fraction of sp³-hybridized carbons (Fsp3) is 0.125. The van der Waals surface area contributed by atoms with Crippen molar-refractivity contribution in [3.63, 3.8) is 0 Å². The summed E-state index contributed by atoms with van der Waals surface area (Å²) < 4.78 is 4.62. The lowest BCUT2D eigenvalue weighted by molar-refractivity contribution is -0.137. The Hall–Kier alpha value is -1.51. The van der Waals surface area contributed by atoms with Crippen molar-refractivity contribution in [3.05, 3.63) is 37.1 Å². The molecule has 0 aliphatic carbocycles. The molecule has 0 atom stereocenters. The number of carbonyl (C=O) groups is 1. The number of hydrogen-bond acceptors (Lipinski definition) is 3. The monoisotopic (exact) mass is 153 g/mol. The summed E-state index contributed by atoms with van der Waals surface area (Å²) in [5.74, 6) is -0.558. The van der Waals surface area contributed by atoms with Gasteiger partial charge in [0, 0.05) is 5.70 Å². The van der Waals surface area contributed by atoms with E-state index in [-0.39, 0.29) is 17.9 Å². The van der Waals surface area contributed by atoms with Gasteiger partial charge in [0.15, 0.2) is 0 Å². The van der Waals surface area contributed by atoms with Crippen molar-refractivity contribution in [2.75, 3.05) is 6.61 Å². The van der Waals surface area contributed by atoms with E-state index in [0.29, 0.717) is 0 Å². The van der Waals surface area contributed by atoms with Crippen molar-refractivity contribution >= 4 is 5.97 Å². The van der Waals surface area contributed by atoms with Gasteiger partial charge in [-0.15, -0.1) is 0 Å². The highest BCUT2D eigenvalue weighted by Crippen LogP contribution is 2.00. The van der Waals surface area contributed by atoms with E-state index >= 15 is 0 Å². The van der Waals surface area contributed by atoms with Gasteiger partial charge in [-0.1, -0.05) is 25.8 Å². The van der Waals surface area contributed by atoms with Crippen LogP contribution in [0.4, 0.5) is 0 Å². The Morgan fingerprint density at radius 3 is 2.45 bits per heavy atom. The van der Waals surface area contributed by atoms with Crippen molar-refractivity contribution in [2.24, 2.45) is 5.73 Å². The fourth-order valence-electron chi connectivity index (χ4n) is 0.353. The molecule has 0 unspecified atom stereocenters. The minimum absolute atomic E-state index is 0.0897. The first-order chi connectivity index (χ1) is 5.09. The Balaban J connectivity index is 3.94. The largest absolute Gasteiger partial charge is 0.458 e. The summed E-state index contributed by atoms with van der Waals surface area (Å²) in [5, 5.41) is 0. The Labute approximate surface area is 65.8 Å². The van der Waals surface area contributed by atoms with Crippen molar-refractivity contribution in [3.8, 4) is 0 Å². The number of esters is 1.